The van der Waals surface area contributed by atoms with Crippen LogP contribution in [0.3, 0.4) is 0 Å². The van der Waals surface area contributed by atoms with Crippen LogP contribution in [-0.2, 0) is 22.4 Å². The van der Waals surface area contributed by atoms with Crippen molar-refractivity contribution in [2.24, 2.45) is 5.41 Å². The number of ether oxygens (including phenoxy) is 3. The Bertz CT molecular complexity index is 1290. The Balaban J connectivity index is 1.83. The van der Waals surface area contributed by atoms with Crippen LogP contribution in [0.15, 0.2) is 42.7 Å². The normalized spacial score (nSPS) is 12.4. The van der Waals surface area contributed by atoms with Crippen LogP contribution in [0.2, 0.25) is 25.7 Å². The molecule has 212 valence electrons. The maximum atomic E-state index is 13.4. The quantitative estimate of drug-likeness (QED) is 0.223. The van der Waals surface area contributed by atoms with Crippen molar-refractivity contribution in [1.29, 1.82) is 0 Å². The molecule has 0 atom stereocenters. The van der Waals surface area contributed by atoms with Crippen LogP contribution in [0, 0.1) is 5.41 Å². The summed E-state index contributed by atoms with van der Waals surface area (Å²) in [5.74, 6) is -0.301. The Morgan fingerprint density at radius 2 is 1.85 bits per heavy atom. The van der Waals surface area contributed by atoms with Crippen molar-refractivity contribution in [3.8, 4) is 34.1 Å². The van der Waals surface area contributed by atoms with Crippen LogP contribution >= 0.6 is 0 Å². The van der Waals surface area contributed by atoms with Crippen LogP contribution in [0.4, 0.5) is 13.2 Å². The molecule has 1 aromatic carbocycles. The van der Waals surface area contributed by atoms with Crippen molar-refractivity contribution < 1.29 is 37.3 Å². The molecule has 8 nitrogen and oxygen atoms in total. The second-order valence-electron chi connectivity index (χ2n) is 11.0. The molecule has 0 amide bonds. The van der Waals surface area contributed by atoms with Crippen LogP contribution in [0.5, 0.6) is 11.5 Å². The summed E-state index contributed by atoms with van der Waals surface area (Å²) >= 11 is 0. The topological polar surface area (TPSA) is 98.5 Å². The van der Waals surface area contributed by atoms with Crippen molar-refractivity contribution in [3.05, 3.63) is 48.4 Å². The summed E-state index contributed by atoms with van der Waals surface area (Å²) in [6, 6.07) is 9.15. The molecule has 2 aromatic heterocycles. The largest absolute Gasteiger partial charge is 0.549 e. The Morgan fingerprint density at radius 3 is 2.41 bits per heavy atom. The number of benzene rings is 1. The van der Waals surface area contributed by atoms with Crippen LogP contribution in [-0.4, -0.2) is 48.9 Å². The second kappa shape index (κ2) is 11.8. The van der Waals surface area contributed by atoms with Crippen LogP contribution < -0.4 is 14.6 Å². The van der Waals surface area contributed by atoms with E-state index in [2.05, 4.69) is 29.6 Å². The number of hydrogen-bond acceptors (Lipinski definition) is 7. The minimum atomic E-state index is -4.60. The summed E-state index contributed by atoms with van der Waals surface area (Å²) in [5, 5.41) is 11.2. The lowest BCUT2D eigenvalue weighted by Crippen LogP contribution is -2.41. The minimum absolute atomic E-state index is 0.0608. The van der Waals surface area contributed by atoms with Gasteiger partial charge in [-0.05, 0) is 30.3 Å². The third-order valence-corrected chi connectivity index (χ3v) is 7.62. The molecule has 12 heteroatoms. The molecule has 0 aliphatic carbocycles. The highest BCUT2D eigenvalue weighted by Crippen LogP contribution is 2.35. The third-order valence-electron chi connectivity index (χ3n) is 5.92. The highest BCUT2D eigenvalue weighted by atomic mass is 28.3. The van der Waals surface area contributed by atoms with Gasteiger partial charge in [0.25, 0.3) is 0 Å². The molecular formula is C27H33F3N3O5Si-. The Morgan fingerprint density at radius 1 is 1.13 bits per heavy atom. The zero-order valence-electron chi connectivity index (χ0n) is 22.9. The van der Waals surface area contributed by atoms with E-state index in [0.29, 0.717) is 34.9 Å². The number of aliphatic carboxylic acids is 1. The van der Waals surface area contributed by atoms with E-state index in [-0.39, 0.29) is 19.2 Å². The van der Waals surface area contributed by atoms with Gasteiger partial charge >= 0.3 is 6.18 Å². The maximum absolute atomic E-state index is 13.4. The van der Waals surface area contributed by atoms with Gasteiger partial charge in [-0.1, -0.05) is 33.5 Å². The SMILES string of the molecule is COc1cc(OCC(C)(C)C(=O)[O-])ccc1-c1ccc(-c2nc(C(F)(F)F)cn2COCC[Si](C)(C)C)cn1. The predicted molar refractivity (Wildman–Crippen MR) is 141 cm³/mol. The second-order valence-corrected chi connectivity index (χ2v) is 16.6. The molecule has 0 spiro atoms. The van der Waals surface area contributed by atoms with Gasteiger partial charge in [0.2, 0.25) is 0 Å². The van der Waals surface area contributed by atoms with Gasteiger partial charge < -0.3 is 28.7 Å². The number of hydrogen-bond donors (Lipinski definition) is 0. The van der Waals surface area contributed by atoms with Gasteiger partial charge in [-0.2, -0.15) is 13.2 Å². The summed E-state index contributed by atoms with van der Waals surface area (Å²) in [7, 11) is 0.122. The average Bonchev–Trinajstić information content (AvgIpc) is 3.29. The summed E-state index contributed by atoms with van der Waals surface area (Å²) < 4.78 is 58.4. The fourth-order valence-corrected chi connectivity index (χ4v) is 4.16. The van der Waals surface area contributed by atoms with Crippen LogP contribution in [0.1, 0.15) is 19.5 Å². The van der Waals surface area contributed by atoms with Crippen molar-refractivity contribution in [2.75, 3.05) is 20.3 Å². The van der Waals surface area contributed by atoms with Gasteiger partial charge in [-0.3, -0.25) is 4.98 Å². The number of nitrogens with zero attached hydrogens (tertiary/aromatic N) is 3. The molecule has 2 heterocycles. The zero-order valence-corrected chi connectivity index (χ0v) is 23.9. The number of rotatable bonds is 12. The van der Waals surface area contributed by atoms with Crippen LogP contribution in [0.25, 0.3) is 22.6 Å². The molecule has 0 N–H and O–H groups in total. The number of imidazole rings is 1. The van der Waals surface area contributed by atoms with E-state index in [4.69, 9.17) is 14.2 Å². The molecule has 0 fully saturated rings. The number of alkyl halides is 3. The zero-order chi connectivity index (χ0) is 29.0. The van der Waals surface area contributed by atoms with Gasteiger partial charge in [0.05, 0.1) is 25.4 Å². The van der Waals surface area contributed by atoms with E-state index in [9.17, 15) is 23.1 Å². The van der Waals surface area contributed by atoms with Crippen molar-refractivity contribution >= 4 is 14.0 Å². The number of carbonyl (C=O) groups is 1. The number of halogens is 3. The fourth-order valence-electron chi connectivity index (χ4n) is 3.40. The number of aromatic nitrogens is 3. The fraction of sp³-hybridized carbons (Fsp3) is 0.444. The molecule has 0 unspecified atom stereocenters. The third kappa shape index (κ3) is 8.05. The highest BCUT2D eigenvalue weighted by molar-refractivity contribution is 6.76. The first-order chi connectivity index (χ1) is 18.1. The van der Waals surface area contributed by atoms with E-state index in [1.165, 1.54) is 31.7 Å². The molecule has 39 heavy (non-hydrogen) atoms. The monoisotopic (exact) mass is 564 g/mol. The first-order valence-corrected chi connectivity index (χ1v) is 16.0. The first kappa shape index (κ1) is 30.2. The minimum Gasteiger partial charge on any atom is -0.549 e. The van der Waals surface area contributed by atoms with Gasteiger partial charge in [0.15, 0.2) is 5.69 Å². The van der Waals surface area contributed by atoms with Crippen molar-refractivity contribution in [3.63, 3.8) is 0 Å². The highest BCUT2D eigenvalue weighted by Gasteiger charge is 2.35. The molecule has 0 radical (unpaired) electrons. The van der Waals surface area contributed by atoms with Crippen molar-refractivity contribution in [1.82, 2.24) is 14.5 Å². The lowest BCUT2D eigenvalue weighted by atomic mass is 9.95. The van der Waals surface area contributed by atoms with E-state index in [0.717, 1.165) is 12.2 Å². The molecular weight excluding hydrogens is 531 g/mol. The van der Waals surface area contributed by atoms with Gasteiger partial charge in [-0.25, -0.2) is 4.98 Å². The molecule has 0 bridgehead atoms. The Labute approximate surface area is 226 Å². The average molecular weight is 565 g/mol. The standard InChI is InChI=1S/C27H34F3N3O5Si/c1-26(2,25(34)35)16-38-19-8-9-20(22(13-19)36-3)21-10-7-18(14-31-21)24-32-23(27(28,29)30)15-33(24)17-37-11-12-39(4,5)6/h7-10,13-15H,11-12,16-17H2,1-6H3,(H,34,35)/p-1. The molecule has 0 saturated carbocycles. The molecule has 0 aliphatic heterocycles. The first-order valence-electron chi connectivity index (χ1n) is 12.3. The van der Waals surface area contributed by atoms with Gasteiger partial charge in [0, 0.05) is 49.7 Å². The summed E-state index contributed by atoms with van der Waals surface area (Å²) in [5.41, 5.74) is -0.663. The Kier molecular flexibility index (Phi) is 9.11. The maximum Gasteiger partial charge on any atom is 0.434 e. The number of carbonyl (C=O) groups excluding carboxylic acids is 1. The van der Waals surface area contributed by atoms with E-state index < -0.39 is 31.3 Å². The number of methoxy groups -OCH3 is 1. The van der Waals surface area contributed by atoms with E-state index >= 15 is 0 Å². The van der Waals surface area contributed by atoms with Gasteiger partial charge in [-0.15, -0.1) is 0 Å². The molecule has 3 rings (SSSR count). The number of pyridine rings is 1. The summed E-state index contributed by atoms with van der Waals surface area (Å²) in [6.45, 7) is 9.89. The Hall–Kier alpha value is -3.38. The number of carboxylic acids is 1. The number of carboxylic acid groups (broad SMARTS) is 1. The van der Waals surface area contributed by atoms with Crippen molar-refractivity contribution in [2.45, 2.75) is 52.4 Å². The smallest absolute Gasteiger partial charge is 0.434 e. The lowest BCUT2D eigenvalue weighted by Gasteiger charge is -2.25. The van der Waals surface area contributed by atoms with E-state index in [1.54, 1.807) is 30.3 Å². The predicted octanol–water partition coefficient (Wildman–Crippen LogP) is 5.11. The lowest BCUT2D eigenvalue weighted by molar-refractivity contribution is -0.318. The molecule has 3 aromatic rings. The molecule has 0 aliphatic rings. The summed E-state index contributed by atoms with van der Waals surface area (Å²) in [6.07, 6.45) is -2.21. The molecule has 0 saturated heterocycles. The van der Waals surface area contributed by atoms with Gasteiger partial charge in [0.1, 0.15) is 24.1 Å². The summed E-state index contributed by atoms with van der Waals surface area (Å²) in [4.78, 5) is 19.5. The van der Waals surface area contributed by atoms with E-state index in [1.807, 2.05) is 0 Å².